The Morgan fingerprint density at radius 1 is 1.35 bits per heavy atom. The van der Waals surface area contributed by atoms with E-state index in [4.69, 9.17) is 5.73 Å². The van der Waals surface area contributed by atoms with Gasteiger partial charge in [0.2, 0.25) is 11.8 Å². The number of hydrogen-bond donors (Lipinski definition) is 2. The van der Waals surface area contributed by atoms with E-state index in [1.54, 1.807) is 11.9 Å². The Balaban J connectivity index is 0. The Labute approximate surface area is 152 Å². The van der Waals surface area contributed by atoms with Crippen molar-refractivity contribution in [2.24, 2.45) is 17.6 Å². The zero-order valence-corrected chi connectivity index (χ0v) is 16.2. The van der Waals surface area contributed by atoms with E-state index in [2.05, 4.69) is 17.3 Å². The number of halogens is 2. The SMILES string of the molecule is CC(C)[C@H](N)C(=O)NCC(=O)N(C)CC1CCCN(C)C1.Cl.Cl. The lowest BCUT2D eigenvalue weighted by atomic mass is 9.98. The molecule has 0 bridgehead atoms. The molecule has 23 heavy (non-hydrogen) atoms. The number of amides is 2. The third kappa shape index (κ3) is 8.74. The van der Waals surface area contributed by atoms with Crippen molar-refractivity contribution in [1.29, 1.82) is 0 Å². The third-order valence-corrected chi connectivity index (χ3v) is 4.11. The highest BCUT2D eigenvalue weighted by atomic mass is 35.5. The molecular formula is C15H32Cl2N4O2. The summed E-state index contributed by atoms with van der Waals surface area (Å²) in [6.07, 6.45) is 2.34. The van der Waals surface area contributed by atoms with Crippen LogP contribution in [-0.4, -0.2) is 67.9 Å². The minimum Gasteiger partial charge on any atom is -0.346 e. The van der Waals surface area contributed by atoms with Gasteiger partial charge in [0, 0.05) is 20.1 Å². The van der Waals surface area contributed by atoms with Crippen molar-refractivity contribution < 1.29 is 9.59 Å². The van der Waals surface area contributed by atoms with Gasteiger partial charge in [-0.2, -0.15) is 0 Å². The van der Waals surface area contributed by atoms with Crippen LogP contribution in [0, 0.1) is 11.8 Å². The number of nitrogens with two attached hydrogens (primary N) is 1. The van der Waals surface area contributed by atoms with E-state index in [0.717, 1.165) is 26.1 Å². The van der Waals surface area contributed by atoms with E-state index in [9.17, 15) is 9.59 Å². The summed E-state index contributed by atoms with van der Waals surface area (Å²) >= 11 is 0. The Morgan fingerprint density at radius 2 is 1.96 bits per heavy atom. The summed E-state index contributed by atoms with van der Waals surface area (Å²) in [7, 11) is 3.91. The first-order valence-corrected chi connectivity index (χ1v) is 7.77. The van der Waals surface area contributed by atoms with Crippen LogP contribution < -0.4 is 11.1 Å². The minimum absolute atomic E-state index is 0. The molecule has 0 radical (unpaired) electrons. The van der Waals surface area contributed by atoms with Crippen molar-refractivity contribution >= 4 is 36.6 Å². The predicted octanol–water partition coefficient (Wildman–Crippen LogP) is 0.730. The molecule has 3 N–H and O–H groups in total. The molecule has 0 aromatic rings. The Bertz CT molecular complexity index is 369. The topological polar surface area (TPSA) is 78.7 Å². The molecule has 1 heterocycles. The zero-order valence-electron chi connectivity index (χ0n) is 14.6. The number of piperidine rings is 1. The standard InChI is InChI=1S/C15H30N4O2.2ClH/c1-11(2)14(16)15(21)17-8-13(20)19(4)10-12-6-5-7-18(3)9-12;;/h11-12,14H,5-10,16H2,1-4H3,(H,17,21);2*1H/t12?,14-;;/m0../s1. The maximum absolute atomic E-state index is 12.1. The monoisotopic (exact) mass is 370 g/mol. The first-order valence-electron chi connectivity index (χ1n) is 7.77. The normalized spacial score (nSPS) is 19.3. The van der Waals surface area contributed by atoms with Crippen LogP contribution in [0.15, 0.2) is 0 Å². The van der Waals surface area contributed by atoms with Gasteiger partial charge in [0.1, 0.15) is 0 Å². The summed E-state index contributed by atoms with van der Waals surface area (Å²) in [4.78, 5) is 27.8. The highest BCUT2D eigenvalue weighted by molar-refractivity contribution is 5.87. The van der Waals surface area contributed by atoms with E-state index in [1.807, 2.05) is 13.8 Å². The molecule has 1 fully saturated rings. The number of hydrogen-bond acceptors (Lipinski definition) is 4. The molecule has 1 aliphatic heterocycles. The number of rotatable bonds is 6. The van der Waals surface area contributed by atoms with Gasteiger partial charge in [0.25, 0.3) is 0 Å². The van der Waals surface area contributed by atoms with Gasteiger partial charge in [-0.3, -0.25) is 9.59 Å². The van der Waals surface area contributed by atoms with E-state index in [-0.39, 0.29) is 49.1 Å². The van der Waals surface area contributed by atoms with E-state index >= 15 is 0 Å². The first-order chi connectivity index (χ1) is 9.81. The van der Waals surface area contributed by atoms with Crippen molar-refractivity contribution in [1.82, 2.24) is 15.1 Å². The molecule has 138 valence electrons. The number of likely N-dealkylation sites (tertiary alicyclic amines) is 1. The van der Waals surface area contributed by atoms with Crippen LogP contribution in [0.2, 0.25) is 0 Å². The minimum atomic E-state index is -0.560. The molecule has 1 saturated heterocycles. The first kappa shape index (κ1) is 24.7. The van der Waals surface area contributed by atoms with Crippen LogP contribution in [0.25, 0.3) is 0 Å². The molecule has 0 saturated carbocycles. The lowest BCUT2D eigenvalue weighted by Gasteiger charge is -2.32. The summed E-state index contributed by atoms with van der Waals surface area (Å²) in [5.41, 5.74) is 5.74. The molecule has 6 nitrogen and oxygen atoms in total. The summed E-state index contributed by atoms with van der Waals surface area (Å²) in [5.74, 6) is 0.263. The number of carbonyl (C=O) groups is 2. The maximum atomic E-state index is 12.1. The van der Waals surface area contributed by atoms with Gasteiger partial charge in [-0.05, 0) is 38.3 Å². The Morgan fingerprint density at radius 3 is 2.48 bits per heavy atom. The lowest BCUT2D eigenvalue weighted by Crippen LogP contribution is -2.48. The molecule has 0 aromatic carbocycles. The average Bonchev–Trinajstić information content (AvgIpc) is 2.43. The van der Waals surface area contributed by atoms with Crippen LogP contribution in [0.1, 0.15) is 26.7 Å². The van der Waals surface area contributed by atoms with E-state index < -0.39 is 6.04 Å². The zero-order chi connectivity index (χ0) is 16.0. The molecule has 0 aliphatic carbocycles. The molecule has 0 aromatic heterocycles. The van der Waals surface area contributed by atoms with Gasteiger partial charge in [0.15, 0.2) is 0 Å². The quantitative estimate of drug-likeness (QED) is 0.722. The smallest absolute Gasteiger partial charge is 0.241 e. The second-order valence-corrected chi connectivity index (χ2v) is 6.53. The molecule has 1 rings (SSSR count). The van der Waals surface area contributed by atoms with Crippen LogP contribution in [0.3, 0.4) is 0 Å². The van der Waals surface area contributed by atoms with Crippen molar-refractivity contribution in [3.05, 3.63) is 0 Å². The van der Waals surface area contributed by atoms with Crippen molar-refractivity contribution in [2.75, 3.05) is 40.3 Å². The van der Waals surface area contributed by atoms with Gasteiger partial charge in [0.05, 0.1) is 12.6 Å². The van der Waals surface area contributed by atoms with Gasteiger partial charge in [-0.1, -0.05) is 13.8 Å². The summed E-state index contributed by atoms with van der Waals surface area (Å²) in [6, 6.07) is -0.560. The highest BCUT2D eigenvalue weighted by Crippen LogP contribution is 2.15. The van der Waals surface area contributed by atoms with Crippen LogP contribution in [-0.2, 0) is 9.59 Å². The second kappa shape index (κ2) is 11.9. The fourth-order valence-electron chi connectivity index (χ4n) is 2.63. The summed E-state index contributed by atoms with van der Waals surface area (Å²) < 4.78 is 0. The molecule has 2 amide bonds. The molecule has 2 atom stereocenters. The summed E-state index contributed by atoms with van der Waals surface area (Å²) in [6.45, 7) is 6.71. The molecule has 1 unspecified atom stereocenters. The Hall–Kier alpha value is -0.560. The van der Waals surface area contributed by atoms with Gasteiger partial charge in [-0.15, -0.1) is 24.8 Å². The van der Waals surface area contributed by atoms with Crippen LogP contribution >= 0.6 is 24.8 Å². The number of nitrogens with one attached hydrogen (secondary N) is 1. The van der Waals surface area contributed by atoms with Gasteiger partial charge in [-0.25, -0.2) is 0 Å². The molecule has 1 aliphatic rings. The Kier molecular flexibility index (Phi) is 12.8. The molecule has 8 heteroatoms. The average molecular weight is 371 g/mol. The van der Waals surface area contributed by atoms with Gasteiger partial charge >= 0.3 is 0 Å². The van der Waals surface area contributed by atoms with Crippen molar-refractivity contribution in [3.8, 4) is 0 Å². The van der Waals surface area contributed by atoms with Crippen molar-refractivity contribution in [3.63, 3.8) is 0 Å². The number of carbonyl (C=O) groups excluding carboxylic acids is 2. The van der Waals surface area contributed by atoms with E-state index in [1.165, 1.54) is 6.42 Å². The largest absolute Gasteiger partial charge is 0.346 e. The molecule has 0 spiro atoms. The fraction of sp³-hybridized carbons (Fsp3) is 0.867. The van der Waals surface area contributed by atoms with E-state index in [0.29, 0.717) is 5.92 Å². The number of nitrogens with zero attached hydrogens (tertiary/aromatic N) is 2. The third-order valence-electron chi connectivity index (χ3n) is 4.11. The van der Waals surface area contributed by atoms with Gasteiger partial charge < -0.3 is 20.9 Å². The van der Waals surface area contributed by atoms with Crippen molar-refractivity contribution in [2.45, 2.75) is 32.7 Å². The van der Waals surface area contributed by atoms with Crippen LogP contribution in [0.5, 0.6) is 0 Å². The number of likely N-dealkylation sites (N-methyl/N-ethyl adjacent to an activating group) is 1. The van der Waals surface area contributed by atoms with Crippen LogP contribution in [0.4, 0.5) is 0 Å². The highest BCUT2D eigenvalue weighted by Gasteiger charge is 2.22. The maximum Gasteiger partial charge on any atom is 0.241 e. The molecular weight excluding hydrogens is 339 g/mol. The predicted molar refractivity (Wildman–Crippen MR) is 98.2 cm³/mol. The fourth-order valence-corrected chi connectivity index (χ4v) is 2.63. The second-order valence-electron chi connectivity index (χ2n) is 6.53. The summed E-state index contributed by atoms with van der Waals surface area (Å²) in [5, 5.41) is 2.62. The lowest BCUT2D eigenvalue weighted by molar-refractivity contribution is -0.133.